The highest BCUT2D eigenvalue weighted by Crippen LogP contribution is 2.17. The predicted octanol–water partition coefficient (Wildman–Crippen LogP) is 3.87. The van der Waals surface area contributed by atoms with Gasteiger partial charge in [-0.3, -0.25) is 0 Å². The Morgan fingerprint density at radius 2 is 1.76 bits per heavy atom. The van der Waals surface area contributed by atoms with Crippen LogP contribution in [0, 0.1) is 6.92 Å². The molecule has 120 valence electrons. The molecule has 0 fully saturated rings. The van der Waals surface area contributed by atoms with Gasteiger partial charge in [-0.25, -0.2) is 0 Å². The van der Waals surface area contributed by atoms with Gasteiger partial charge in [0.15, 0.2) is 0 Å². The molecule has 3 nitrogen and oxygen atoms in total. The van der Waals surface area contributed by atoms with Gasteiger partial charge >= 0.3 is 0 Å². The third kappa shape index (κ3) is 7.60. The summed E-state index contributed by atoms with van der Waals surface area (Å²) < 4.78 is 11.3. The second-order valence-electron chi connectivity index (χ2n) is 5.40. The molecule has 1 aromatic rings. The molecule has 1 rings (SSSR count). The summed E-state index contributed by atoms with van der Waals surface area (Å²) in [5.41, 5.74) is 2.65. The molecule has 0 aromatic heterocycles. The Labute approximate surface area is 130 Å². The average molecular weight is 293 g/mol. The van der Waals surface area contributed by atoms with Crippen molar-refractivity contribution in [3.8, 4) is 0 Å². The summed E-state index contributed by atoms with van der Waals surface area (Å²) in [6.07, 6.45) is 3.43. The second kappa shape index (κ2) is 11.7. The van der Waals surface area contributed by atoms with Crippen LogP contribution in [0.15, 0.2) is 24.3 Å². The topological polar surface area (TPSA) is 30.5 Å². The number of unbranched alkanes of at least 4 members (excludes halogenated alkanes) is 1. The highest BCUT2D eigenvalue weighted by Gasteiger charge is 2.12. The maximum Gasteiger partial charge on any atom is 0.0701 e. The molecule has 0 heterocycles. The maximum absolute atomic E-state index is 5.79. The predicted molar refractivity (Wildman–Crippen MR) is 88.8 cm³/mol. The first-order chi connectivity index (χ1) is 10.3. The molecule has 0 radical (unpaired) electrons. The fraction of sp³-hybridized carbons (Fsp3) is 0.667. The molecule has 21 heavy (non-hydrogen) atoms. The first-order valence-electron chi connectivity index (χ1n) is 8.24. The lowest BCUT2D eigenvalue weighted by Gasteiger charge is -2.21. The van der Waals surface area contributed by atoms with Gasteiger partial charge in [0.05, 0.1) is 25.9 Å². The molecule has 0 bridgehead atoms. The average Bonchev–Trinajstić information content (AvgIpc) is 2.50. The van der Waals surface area contributed by atoms with Crippen LogP contribution >= 0.6 is 0 Å². The van der Waals surface area contributed by atoms with E-state index in [4.69, 9.17) is 9.47 Å². The molecular weight excluding hydrogens is 262 g/mol. The second-order valence-corrected chi connectivity index (χ2v) is 5.40. The zero-order valence-corrected chi connectivity index (χ0v) is 13.9. The molecular formula is C18H31NO2. The Morgan fingerprint density at radius 1 is 1.00 bits per heavy atom. The van der Waals surface area contributed by atoms with Crippen LogP contribution in [0.1, 0.15) is 50.3 Å². The molecule has 0 aliphatic carbocycles. The van der Waals surface area contributed by atoms with Gasteiger partial charge in [0.25, 0.3) is 0 Å². The smallest absolute Gasteiger partial charge is 0.0701 e. The Morgan fingerprint density at radius 3 is 2.48 bits per heavy atom. The van der Waals surface area contributed by atoms with E-state index in [9.17, 15) is 0 Å². The number of rotatable bonds is 12. The highest BCUT2D eigenvalue weighted by atomic mass is 16.5. The van der Waals surface area contributed by atoms with Crippen LogP contribution in [0.4, 0.5) is 0 Å². The van der Waals surface area contributed by atoms with Crippen molar-refractivity contribution >= 4 is 0 Å². The number of aryl methyl sites for hydroxylation is 1. The Bertz CT molecular complexity index is 368. The maximum atomic E-state index is 5.79. The van der Waals surface area contributed by atoms with Crippen molar-refractivity contribution in [3.05, 3.63) is 35.4 Å². The molecule has 1 N–H and O–H groups in total. The van der Waals surface area contributed by atoms with Crippen LogP contribution in [-0.2, 0) is 9.47 Å². The summed E-state index contributed by atoms with van der Waals surface area (Å²) in [6.45, 7) is 10.4. The van der Waals surface area contributed by atoms with Crippen LogP contribution in [-0.4, -0.2) is 33.0 Å². The molecule has 0 spiro atoms. The van der Waals surface area contributed by atoms with E-state index in [0.29, 0.717) is 19.8 Å². The van der Waals surface area contributed by atoms with Crippen molar-refractivity contribution in [2.75, 3.05) is 33.0 Å². The summed E-state index contributed by atoms with van der Waals surface area (Å²) in [5, 5.41) is 3.57. The molecule has 0 saturated carbocycles. The number of benzene rings is 1. The summed E-state index contributed by atoms with van der Waals surface area (Å²) in [5.74, 6) is 0. The highest BCUT2D eigenvalue weighted by molar-refractivity contribution is 5.28. The molecule has 0 amide bonds. The molecule has 0 aliphatic rings. The third-order valence-electron chi connectivity index (χ3n) is 3.50. The van der Waals surface area contributed by atoms with Crippen LogP contribution < -0.4 is 5.32 Å². The first-order valence-corrected chi connectivity index (χ1v) is 8.24. The van der Waals surface area contributed by atoms with Gasteiger partial charge in [-0.05, 0) is 37.4 Å². The zero-order chi connectivity index (χ0) is 15.3. The fourth-order valence-corrected chi connectivity index (χ4v) is 2.22. The SMILES string of the molecule is CCCCOCCOCC(NCCC)c1ccccc1C. The molecule has 0 saturated heterocycles. The van der Waals surface area contributed by atoms with E-state index in [1.807, 2.05) is 0 Å². The van der Waals surface area contributed by atoms with E-state index in [1.54, 1.807) is 0 Å². The van der Waals surface area contributed by atoms with Crippen molar-refractivity contribution in [1.29, 1.82) is 0 Å². The number of ether oxygens (including phenoxy) is 2. The van der Waals surface area contributed by atoms with Crippen LogP contribution in [0.25, 0.3) is 0 Å². The third-order valence-corrected chi connectivity index (χ3v) is 3.50. The lowest BCUT2D eigenvalue weighted by Crippen LogP contribution is -2.27. The van der Waals surface area contributed by atoms with Crippen LogP contribution in [0.3, 0.4) is 0 Å². The van der Waals surface area contributed by atoms with Crippen molar-refractivity contribution in [3.63, 3.8) is 0 Å². The van der Waals surface area contributed by atoms with Crippen molar-refractivity contribution in [2.45, 2.75) is 46.1 Å². The van der Waals surface area contributed by atoms with Gasteiger partial charge in [0.2, 0.25) is 0 Å². The van der Waals surface area contributed by atoms with Crippen molar-refractivity contribution < 1.29 is 9.47 Å². The molecule has 1 atom stereocenters. The van der Waals surface area contributed by atoms with Gasteiger partial charge in [-0.1, -0.05) is 44.5 Å². The Hall–Kier alpha value is -0.900. The standard InChI is InChI=1S/C18H31NO2/c1-4-6-12-20-13-14-21-15-18(19-11-5-2)17-10-8-7-9-16(17)3/h7-10,18-19H,4-6,11-15H2,1-3H3. The summed E-state index contributed by atoms with van der Waals surface area (Å²) >= 11 is 0. The Kier molecular flexibility index (Phi) is 10.1. The van der Waals surface area contributed by atoms with Gasteiger partial charge in [-0.2, -0.15) is 0 Å². The molecule has 1 aromatic carbocycles. The molecule has 1 unspecified atom stereocenters. The largest absolute Gasteiger partial charge is 0.379 e. The quantitative estimate of drug-likeness (QED) is 0.593. The summed E-state index contributed by atoms with van der Waals surface area (Å²) in [6, 6.07) is 8.78. The number of hydrogen-bond acceptors (Lipinski definition) is 3. The molecule has 3 heteroatoms. The van der Waals surface area contributed by atoms with E-state index < -0.39 is 0 Å². The van der Waals surface area contributed by atoms with E-state index in [-0.39, 0.29) is 6.04 Å². The van der Waals surface area contributed by atoms with Crippen LogP contribution in [0.5, 0.6) is 0 Å². The number of hydrogen-bond donors (Lipinski definition) is 1. The van der Waals surface area contributed by atoms with E-state index in [2.05, 4.69) is 50.4 Å². The lowest BCUT2D eigenvalue weighted by molar-refractivity contribution is 0.0380. The summed E-state index contributed by atoms with van der Waals surface area (Å²) in [7, 11) is 0. The van der Waals surface area contributed by atoms with Gasteiger partial charge < -0.3 is 14.8 Å². The fourth-order valence-electron chi connectivity index (χ4n) is 2.22. The van der Waals surface area contributed by atoms with Crippen LogP contribution in [0.2, 0.25) is 0 Å². The number of nitrogens with one attached hydrogen (secondary N) is 1. The van der Waals surface area contributed by atoms with Crippen molar-refractivity contribution in [1.82, 2.24) is 5.32 Å². The van der Waals surface area contributed by atoms with E-state index >= 15 is 0 Å². The molecule has 0 aliphatic heterocycles. The Balaban J connectivity index is 2.35. The normalized spacial score (nSPS) is 12.5. The summed E-state index contributed by atoms with van der Waals surface area (Å²) in [4.78, 5) is 0. The van der Waals surface area contributed by atoms with E-state index in [1.165, 1.54) is 17.5 Å². The van der Waals surface area contributed by atoms with Crippen molar-refractivity contribution in [2.24, 2.45) is 0 Å². The van der Waals surface area contributed by atoms with Gasteiger partial charge in [0, 0.05) is 6.61 Å². The lowest BCUT2D eigenvalue weighted by atomic mass is 10.0. The van der Waals surface area contributed by atoms with Gasteiger partial charge in [0.1, 0.15) is 0 Å². The monoisotopic (exact) mass is 293 g/mol. The minimum absolute atomic E-state index is 0.266. The minimum atomic E-state index is 0.266. The first kappa shape index (κ1) is 18.1. The zero-order valence-electron chi connectivity index (χ0n) is 13.9. The van der Waals surface area contributed by atoms with E-state index in [0.717, 1.165) is 26.0 Å². The minimum Gasteiger partial charge on any atom is -0.379 e. The van der Waals surface area contributed by atoms with Gasteiger partial charge in [-0.15, -0.1) is 0 Å².